The first-order valence-corrected chi connectivity index (χ1v) is 7.60. The number of benzene rings is 1. The molecule has 1 aliphatic heterocycles. The van der Waals surface area contributed by atoms with Crippen molar-refractivity contribution in [2.75, 3.05) is 46.4 Å². The van der Waals surface area contributed by atoms with Gasteiger partial charge < -0.3 is 15.4 Å². The second-order valence-electron chi connectivity index (χ2n) is 5.51. The van der Waals surface area contributed by atoms with Crippen LogP contribution in [0, 0.1) is 0 Å². The molecule has 1 saturated heterocycles. The summed E-state index contributed by atoms with van der Waals surface area (Å²) in [5.74, 6) is 0.949. The van der Waals surface area contributed by atoms with Gasteiger partial charge in [-0.25, -0.2) is 0 Å². The molecule has 4 heteroatoms. The van der Waals surface area contributed by atoms with Gasteiger partial charge in [0.25, 0.3) is 0 Å². The summed E-state index contributed by atoms with van der Waals surface area (Å²) in [5.41, 5.74) is 7.29. The van der Waals surface area contributed by atoms with Crippen LogP contribution in [0.4, 0.5) is 0 Å². The molecule has 1 aromatic carbocycles. The highest BCUT2D eigenvalue weighted by Gasteiger charge is 2.22. The average molecular weight is 277 g/mol. The summed E-state index contributed by atoms with van der Waals surface area (Å²) in [4.78, 5) is 4.85. The summed E-state index contributed by atoms with van der Waals surface area (Å²) in [6, 6.07) is 8.75. The summed E-state index contributed by atoms with van der Waals surface area (Å²) in [5, 5.41) is 0. The van der Waals surface area contributed by atoms with E-state index in [0.717, 1.165) is 45.0 Å². The molecule has 0 bridgehead atoms. The van der Waals surface area contributed by atoms with Gasteiger partial charge in [-0.15, -0.1) is 0 Å². The zero-order chi connectivity index (χ0) is 14.4. The lowest BCUT2D eigenvalue weighted by Crippen LogP contribution is -2.47. The number of hydrogen-bond acceptors (Lipinski definition) is 4. The smallest absolute Gasteiger partial charge is 0.119 e. The third-order valence-electron chi connectivity index (χ3n) is 3.94. The summed E-state index contributed by atoms with van der Waals surface area (Å²) in [6.07, 6.45) is 1.04. The first-order chi connectivity index (χ1) is 9.74. The Bertz CT molecular complexity index is 385. The molecule has 0 aromatic heterocycles. The molecule has 0 saturated carbocycles. The van der Waals surface area contributed by atoms with E-state index in [4.69, 9.17) is 10.5 Å². The molecule has 1 fully saturated rings. The molecule has 1 unspecified atom stereocenters. The van der Waals surface area contributed by atoms with Crippen LogP contribution < -0.4 is 10.5 Å². The molecule has 0 aliphatic carbocycles. The lowest BCUT2D eigenvalue weighted by molar-refractivity contribution is 0.114. The number of likely N-dealkylation sites (N-methyl/N-ethyl adjacent to an activating group) is 1. The number of hydrogen-bond donors (Lipinski definition) is 1. The van der Waals surface area contributed by atoms with Crippen LogP contribution in [0.2, 0.25) is 0 Å². The van der Waals surface area contributed by atoms with Crippen molar-refractivity contribution in [1.82, 2.24) is 9.80 Å². The molecule has 20 heavy (non-hydrogen) atoms. The Morgan fingerprint density at radius 3 is 2.35 bits per heavy atom. The maximum absolute atomic E-state index is 6.00. The number of ether oxygens (including phenoxy) is 1. The van der Waals surface area contributed by atoms with Gasteiger partial charge in [-0.3, -0.25) is 4.90 Å². The Balaban J connectivity index is 2.00. The minimum absolute atomic E-state index is 0.323. The third-order valence-corrected chi connectivity index (χ3v) is 3.94. The molecule has 2 rings (SSSR count). The molecule has 1 atom stereocenters. The lowest BCUT2D eigenvalue weighted by atomic mass is 10.0. The van der Waals surface area contributed by atoms with Gasteiger partial charge in [0.1, 0.15) is 5.75 Å². The first-order valence-electron chi connectivity index (χ1n) is 7.60. The fourth-order valence-corrected chi connectivity index (χ4v) is 2.64. The second kappa shape index (κ2) is 7.62. The largest absolute Gasteiger partial charge is 0.494 e. The highest BCUT2D eigenvalue weighted by atomic mass is 16.5. The molecule has 0 spiro atoms. The third kappa shape index (κ3) is 3.95. The Labute approximate surface area is 122 Å². The van der Waals surface area contributed by atoms with Crippen LogP contribution in [-0.4, -0.2) is 56.2 Å². The minimum atomic E-state index is 0.323. The Morgan fingerprint density at radius 1 is 1.15 bits per heavy atom. The highest BCUT2D eigenvalue weighted by molar-refractivity contribution is 5.29. The molecule has 1 aliphatic rings. The van der Waals surface area contributed by atoms with Crippen molar-refractivity contribution in [3.63, 3.8) is 0 Å². The average Bonchev–Trinajstić information content (AvgIpc) is 2.49. The maximum atomic E-state index is 6.00. The SMILES string of the molecule is CCCOc1ccc(C(CN)N2CCN(C)CC2)cc1. The molecule has 1 heterocycles. The van der Waals surface area contributed by atoms with Crippen molar-refractivity contribution in [3.05, 3.63) is 29.8 Å². The van der Waals surface area contributed by atoms with Crippen LogP contribution in [-0.2, 0) is 0 Å². The molecule has 0 radical (unpaired) electrons. The van der Waals surface area contributed by atoms with Gasteiger partial charge in [0.05, 0.1) is 6.61 Å². The van der Waals surface area contributed by atoms with Crippen LogP contribution in [0.1, 0.15) is 24.9 Å². The normalized spacial score (nSPS) is 18.9. The van der Waals surface area contributed by atoms with Gasteiger partial charge in [0.15, 0.2) is 0 Å². The highest BCUT2D eigenvalue weighted by Crippen LogP contribution is 2.23. The molecule has 112 valence electrons. The summed E-state index contributed by atoms with van der Waals surface area (Å²) in [7, 11) is 2.18. The standard InChI is InChI=1S/C16H27N3O/c1-3-12-20-15-6-4-14(5-7-15)16(13-17)19-10-8-18(2)9-11-19/h4-7,16H,3,8-13,17H2,1-2H3. The van der Waals surface area contributed by atoms with E-state index >= 15 is 0 Å². The predicted octanol–water partition coefficient (Wildman–Crippen LogP) is 1.72. The van der Waals surface area contributed by atoms with Crippen LogP contribution in [0.5, 0.6) is 5.75 Å². The summed E-state index contributed by atoms with van der Waals surface area (Å²) >= 11 is 0. The van der Waals surface area contributed by atoms with Crippen LogP contribution in [0.3, 0.4) is 0 Å². The quantitative estimate of drug-likeness (QED) is 0.860. The second-order valence-corrected chi connectivity index (χ2v) is 5.51. The summed E-state index contributed by atoms with van der Waals surface area (Å²) in [6.45, 7) is 7.98. The van der Waals surface area contributed by atoms with Crippen molar-refractivity contribution < 1.29 is 4.74 Å². The maximum Gasteiger partial charge on any atom is 0.119 e. The van der Waals surface area contributed by atoms with Crippen molar-refractivity contribution in [3.8, 4) is 5.75 Å². The molecular weight excluding hydrogens is 250 g/mol. The monoisotopic (exact) mass is 277 g/mol. The van der Waals surface area contributed by atoms with Gasteiger partial charge in [-0.05, 0) is 31.2 Å². The van der Waals surface area contributed by atoms with E-state index in [1.54, 1.807) is 0 Å². The van der Waals surface area contributed by atoms with Crippen molar-refractivity contribution >= 4 is 0 Å². The number of nitrogens with zero attached hydrogens (tertiary/aromatic N) is 2. The molecular formula is C16H27N3O. The zero-order valence-corrected chi connectivity index (χ0v) is 12.7. The fourth-order valence-electron chi connectivity index (χ4n) is 2.64. The summed E-state index contributed by atoms with van der Waals surface area (Å²) < 4.78 is 5.63. The molecule has 2 N–H and O–H groups in total. The van der Waals surface area contributed by atoms with Gasteiger partial charge >= 0.3 is 0 Å². The van der Waals surface area contributed by atoms with Gasteiger partial charge in [0, 0.05) is 38.8 Å². The van der Waals surface area contributed by atoms with Gasteiger partial charge in [-0.2, -0.15) is 0 Å². The zero-order valence-electron chi connectivity index (χ0n) is 12.7. The van der Waals surface area contributed by atoms with E-state index in [1.165, 1.54) is 5.56 Å². The van der Waals surface area contributed by atoms with Crippen LogP contribution in [0.25, 0.3) is 0 Å². The minimum Gasteiger partial charge on any atom is -0.494 e. The number of nitrogens with two attached hydrogens (primary N) is 1. The van der Waals surface area contributed by atoms with Crippen LogP contribution in [0.15, 0.2) is 24.3 Å². The van der Waals surface area contributed by atoms with E-state index in [2.05, 4.69) is 48.0 Å². The van der Waals surface area contributed by atoms with Gasteiger partial charge in [0.2, 0.25) is 0 Å². The molecule has 1 aromatic rings. The van der Waals surface area contributed by atoms with Crippen LogP contribution >= 0.6 is 0 Å². The number of rotatable bonds is 6. The topological polar surface area (TPSA) is 41.7 Å². The Kier molecular flexibility index (Phi) is 5.83. The Morgan fingerprint density at radius 2 is 1.80 bits per heavy atom. The van der Waals surface area contributed by atoms with E-state index in [9.17, 15) is 0 Å². The van der Waals surface area contributed by atoms with E-state index in [1.807, 2.05) is 0 Å². The van der Waals surface area contributed by atoms with E-state index in [0.29, 0.717) is 12.6 Å². The number of piperazine rings is 1. The molecule has 0 amide bonds. The Hall–Kier alpha value is -1.10. The predicted molar refractivity (Wildman–Crippen MR) is 83.1 cm³/mol. The van der Waals surface area contributed by atoms with E-state index < -0.39 is 0 Å². The van der Waals surface area contributed by atoms with E-state index in [-0.39, 0.29) is 0 Å². The van der Waals surface area contributed by atoms with Crippen molar-refractivity contribution in [2.45, 2.75) is 19.4 Å². The van der Waals surface area contributed by atoms with Crippen molar-refractivity contribution in [2.24, 2.45) is 5.73 Å². The van der Waals surface area contributed by atoms with Crippen molar-refractivity contribution in [1.29, 1.82) is 0 Å². The molecule has 4 nitrogen and oxygen atoms in total. The lowest BCUT2D eigenvalue weighted by Gasteiger charge is -2.37. The first kappa shape index (κ1) is 15.3. The fraction of sp³-hybridized carbons (Fsp3) is 0.625. The van der Waals surface area contributed by atoms with Gasteiger partial charge in [-0.1, -0.05) is 19.1 Å².